The molecule has 0 bridgehead atoms. The van der Waals surface area contributed by atoms with E-state index in [0.717, 1.165) is 5.82 Å². The third kappa shape index (κ3) is 5.15. The van der Waals surface area contributed by atoms with Crippen LogP contribution in [0.4, 0.5) is 4.79 Å². The highest BCUT2D eigenvalue weighted by Gasteiger charge is 2.07. The minimum absolute atomic E-state index is 0.168. The Labute approximate surface area is 129 Å². The Balaban J connectivity index is 1.68. The zero-order valence-electron chi connectivity index (χ0n) is 12.2. The van der Waals surface area contributed by atoms with Crippen LogP contribution >= 0.6 is 11.8 Å². The number of rotatable bonds is 6. The molecule has 0 aliphatic carbocycles. The highest BCUT2D eigenvalue weighted by molar-refractivity contribution is 8.00. The Morgan fingerprint density at radius 3 is 2.76 bits per heavy atom. The van der Waals surface area contributed by atoms with Crippen molar-refractivity contribution in [2.24, 2.45) is 7.05 Å². The smallest absolute Gasteiger partial charge is 0.315 e. The molecule has 0 aliphatic heterocycles. The van der Waals surface area contributed by atoms with Crippen LogP contribution in [0.1, 0.15) is 12.7 Å². The van der Waals surface area contributed by atoms with Crippen molar-refractivity contribution in [2.75, 3.05) is 6.54 Å². The van der Waals surface area contributed by atoms with Gasteiger partial charge in [0.2, 0.25) is 0 Å². The summed E-state index contributed by atoms with van der Waals surface area (Å²) < 4.78 is 1.88. The summed E-state index contributed by atoms with van der Waals surface area (Å²) in [5.74, 6) is 0.830. The number of amides is 2. The van der Waals surface area contributed by atoms with Crippen molar-refractivity contribution in [3.05, 3.63) is 48.5 Å². The van der Waals surface area contributed by atoms with Crippen LogP contribution in [0.5, 0.6) is 0 Å². The maximum absolute atomic E-state index is 11.7. The molecule has 0 saturated carbocycles. The lowest BCUT2D eigenvalue weighted by Crippen LogP contribution is -2.38. The molecule has 2 rings (SSSR count). The minimum Gasteiger partial charge on any atom is -0.337 e. The molecule has 1 atom stereocenters. The van der Waals surface area contributed by atoms with E-state index in [1.807, 2.05) is 36.0 Å². The molecule has 0 saturated heterocycles. The molecule has 0 fully saturated rings. The first kappa shape index (κ1) is 15.4. The van der Waals surface area contributed by atoms with Crippen molar-refractivity contribution in [3.8, 4) is 0 Å². The normalized spacial score (nSPS) is 11.9. The topological polar surface area (TPSA) is 59.0 Å². The summed E-state index contributed by atoms with van der Waals surface area (Å²) in [6.07, 6.45) is 3.57. The number of thioether (sulfide) groups is 1. The van der Waals surface area contributed by atoms with Gasteiger partial charge in [-0.2, -0.15) is 0 Å². The summed E-state index contributed by atoms with van der Waals surface area (Å²) in [5, 5.41) is 5.99. The van der Waals surface area contributed by atoms with E-state index < -0.39 is 0 Å². The van der Waals surface area contributed by atoms with Gasteiger partial charge in [0.1, 0.15) is 5.82 Å². The molecule has 2 aromatic rings. The number of aromatic nitrogens is 2. The van der Waals surface area contributed by atoms with E-state index in [2.05, 4.69) is 34.7 Å². The van der Waals surface area contributed by atoms with Gasteiger partial charge in [-0.05, 0) is 12.1 Å². The second-order valence-electron chi connectivity index (χ2n) is 4.76. The van der Waals surface area contributed by atoms with Crippen molar-refractivity contribution in [1.82, 2.24) is 20.2 Å². The lowest BCUT2D eigenvalue weighted by atomic mass is 10.4. The third-order valence-corrected chi connectivity index (χ3v) is 4.07. The number of aryl methyl sites for hydroxylation is 1. The lowest BCUT2D eigenvalue weighted by molar-refractivity contribution is 0.240. The summed E-state index contributed by atoms with van der Waals surface area (Å²) in [6.45, 7) is 3.14. The number of nitrogens with one attached hydrogen (secondary N) is 2. The first-order valence-corrected chi connectivity index (χ1v) is 7.72. The fourth-order valence-electron chi connectivity index (χ4n) is 1.80. The van der Waals surface area contributed by atoms with Crippen molar-refractivity contribution < 1.29 is 4.79 Å². The van der Waals surface area contributed by atoms with Gasteiger partial charge in [0.25, 0.3) is 0 Å². The largest absolute Gasteiger partial charge is 0.337 e. The molecule has 112 valence electrons. The zero-order chi connectivity index (χ0) is 15.1. The number of hydrogen-bond acceptors (Lipinski definition) is 3. The SMILES string of the molecule is C[C@@H](CNC(=O)NCc1nccn1C)Sc1ccccc1. The zero-order valence-corrected chi connectivity index (χ0v) is 13.1. The second-order valence-corrected chi connectivity index (χ2v) is 6.27. The van der Waals surface area contributed by atoms with Gasteiger partial charge in [-0.1, -0.05) is 25.1 Å². The average molecular weight is 304 g/mol. The molecule has 1 heterocycles. The van der Waals surface area contributed by atoms with Crippen molar-refractivity contribution in [2.45, 2.75) is 23.6 Å². The molecule has 0 unspecified atom stereocenters. The average Bonchev–Trinajstić information content (AvgIpc) is 2.89. The standard InChI is InChI=1S/C15H20N4OS/c1-12(21-13-6-4-3-5-7-13)10-17-15(20)18-11-14-16-8-9-19(14)2/h3-9,12H,10-11H2,1-2H3,(H2,17,18,20)/t12-/m0/s1. The first-order chi connectivity index (χ1) is 10.1. The van der Waals surface area contributed by atoms with Crippen LogP contribution in [0.2, 0.25) is 0 Å². The van der Waals surface area contributed by atoms with E-state index in [9.17, 15) is 4.79 Å². The summed E-state index contributed by atoms with van der Waals surface area (Å²) in [5.41, 5.74) is 0. The van der Waals surface area contributed by atoms with Crippen molar-refractivity contribution in [3.63, 3.8) is 0 Å². The van der Waals surface area contributed by atoms with E-state index in [-0.39, 0.29) is 6.03 Å². The molecule has 2 amide bonds. The number of carbonyl (C=O) groups excluding carboxylic acids is 1. The van der Waals surface area contributed by atoms with Crippen LogP contribution in [-0.4, -0.2) is 27.4 Å². The van der Waals surface area contributed by atoms with Crippen LogP contribution in [-0.2, 0) is 13.6 Å². The van der Waals surface area contributed by atoms with Crippen molar-refractivity contribution >= 4 is 17.8 Å². The third-order valence-electron chi connectivity index (χ3n) is 2.96. The Morgan fingerprint density at radius 2 is 2.10 bits per heavy atom. The number of carbonyl (C=O) groups is 1. The maximum Gasteiger partial charge on any atom is 0.315 e. The van der Waals surface area contributed by atoms with Gasteiger partial charge in [0, 0.05) is 36.1 Å². The van der Waals surface area contributed by atoms with Gasteiger partial charge in [0.05, 0.1) is 6.54 Å². The molecular formula is C15H20N4OS. The van der Waals surface area contributed by atoms with Gasteiger partial charge < -0.3 is 15.2 Å². The van der Waals surface area contributed by atoms with Crippen LogP contribution in [0, 0.1) is 0 Å². The quantitative estimate of drug-likeness (QED) is 0.806. The molecule has 1 aromatic heterocycles. The van der Waals surface area contributed by atoms with E-state index in [4.69, 9.17) is 0 Å². The Hall–Kier alpha value is -1.95. The summed E-state index contributed by atoms with van der Waals surface area (Å²) in [7, 11) is 1.90. The van der Waals surface area contributed by atoms with Gasteiger partial charge in [-0.15, -0.1) is 11.8 Å². The fraction of sp³-hybridized carbons (Fsp3) is 0.333. The molecule has 5 nitrogen and oxygen atoms in total. The molecule has 6 heteroatoms. The second kappa shape index (κ2) is 7.73. The van der Waals surface area contributed by atoms with E-state index >= 15 is 0 Å². The first-order valence-electron chi connectivity index (χ1n) is 6.85. The van der Waals surface area contributed by atoms with Gasteiger partial charge in [-0.3, -0.25) is 0 Å². The fourth-order valence-corrected chi connectivity index (χ4v) is 2.74. The number of nitrogens with zero attached hydrogens (tertiary/aromatic N) is 2. The van der Waals surface area contributed by atoms with E-state index in [0.29, 0.717) is 18.3 Å². The highest BCUT2D eigenvalue weighted by atomic mass is 32.2. The van der Waals surface area contributed by atoms with Crippen LogP contribution in [0.15, 0.2) is 47.6 Å². The van der Waals surface area contributed by atoms with E-state index in [1.165, 1.54) is 4.90 Å². The Morgan fingerprint density at radius 1 is 1.33 bits per heavy atom. The summed E-state index contributed by atoms with van der Waals surface area (Å²) >= 11 is 1.74. The molecule has 21 heavy (non-hydrogen) atoms. The number of imidazole rings is 1. The maximum atomic E-state index is 11.7. The summed E-state index contributed by atoms with van der Waals surface area (Å²) in [4.78, 5) is 17.1. The predicted molar refractivity (Wildman–Crippen MR) is 85.2 cm³/mol. The van der Waals surface area contributed by atoms with Gasteiger partial charge in [-0.25, -0.2) is 9.78 Å². The number of benzene rings is 1. The molecular weight excluding hydrogens is 284 g/mol. The van der Waals surface area contributed by atoms with Gasteiger partial charge >= 0.3 is 6.03 Å². The molecule has 1 aromatic carbocycles. The van der Waals surface area contributed by atoms with Crippen molar-refractivity contribution in [1.29, 1.82) is 0 Å². The number of hydrogen-bond donors (Lipinski definition) is 2. The predicted octanol–water partition coefficient (Wildman–Crippen LogP) is 2.40. The molecule has 0 spiro atoms. The van der Waals surface area contributed by atoms with Crippen LogP contribution in [0.3, 0.4) is 0 Å². The summed E-state index contributed by atoms with van der Waals surface area (Å²) in [6, 6.07) is 10.0. The molecule has 2 N–H and O–H groups in total. The number of urea groups is 1. The Bertz CT molecular complexity index is 570. The molecule has 0 radical (unpaired) electrons. The van der Waals surface area contributed by atoms with Crippen LogP contribution in [0.25, 0.3) is 0 Å². The highest BCUT2D eigenvalue weighted by Crippen LogP contribution is 2.21. The van der Waals surface area contributed by atoms with Gasteiger partial charge in [0.15, 0.2) is 0 Å². The Kier molecular flexibility index (Phi) is 5.68. The lowest BCUT2D eigenvalue weighted by Gasteiger charge is -2.13. The van der Waals surface area contributed by atoms with E-state index in [1.54, 1.807) is 18.0 Å². The van der Waals surface area contributed by atoms with Crippen LogP contribution < -0.4 is 10.6 Å². The minimum atomic E-state index is -0.168. The molecule has 0 aliphatic rings. The monoisotopic (exact) mass is 304 g/mol.